The van der Waals surface area contributed by atoms with Gasteiger partial charge in [-0.1, -0.05) is 23.8 Å². The first-order chi connectivity index (χ1) is 9.47. The number of aryl methyl sites for hydroxylation is 2. The van der Waals surface area contributed by atoms with Gasteiger partial charge in [0.1, 0.15) is 5.82 Å². The predicted molar refractivity (Wildman–Crippen MR) is 78.2 cm³/mol. The van der Waals surface area contributed by atoms with E-state index in [1.807, 2.05) is 32.9 Å². The summed E-state index contributed by atoms with van der Waals surface area (Å²) in [5, 5.41) is 2.94. The Morgan fingerprint density at radius 1 is 1.10 bits per heavy atom. The van der Waals surface area contributed by atoms with Gasteiger partial charge in [0.05, 0.1) is 6.04 Å². The fourth-order valence-corrected chi connectivity index (χ4v) is 2.19. The van der Waals surface area contributed by atoms with Crippen molar-refractivity contribution in [3.05, 3.63) is 70.5 Å². The Morgan fingerprint density at radius 3 is 2.40 bits per heavy atom. The molecule has 104 valence electrons. The highest BCUT2D eigenvalue weighted by molar-refractivity contribution is 5.94. The molecule has 2 aromatic rings. The van der Waals surface area contributed by atoms with Gasteiger partial charge >= 0.3 is 0 Å². The van der Waals surface area contributed by atoms with Gasteiger partial charge in [-0.05, 0) is 56.2 Å². The van der Waals surface area contributed by atoms with Gasteiger partial charge in [-0.15, -0.1) is 0 Å². The standard InChI is InChI=1S/C17H18FNO/c1-11-4-5-12(2)16(10-11)13(3)19-17(20)14-6-8-15(18)9-7-14/h4-10,13H,1-3H3,(H,19,20). The first-order valence-corrected chi connectivity index (χ1v) is 6.61. The first-order valence-electron chi connectivity index (χ1n) is 6.61. The van der Waals surface area contributed by atoms with Crippen LogP contribution in [0, 0.1) is 19.7 Å². The zero-order valence-corrected chi connectivity index (χ0v) is 11.9. The summed E-state index contributed by atoms with van der Waals surface area (Å²) >= 11 is 0. The number of hydrogen-bond donors (Lipinski definition) is 1. The molecule has 20 heavy (non-hydrogen) atoms. The molecule has 1 unspecified atom stereocenters. The summed E-state index contributed by atoms with van der Waals surface area (Å²) in [5.74, 6) is -0.539. The van der Waals surface area contributed by atoms with Crippen molar-refractivity contribution in [2.75, 3.05) is 0 Å². The number of amides is 1. The number of halogens is 1. The van der Waals surface area contributed by atoms with E-state index in [0.717, 1.165) is 16.7 Å². The molecule has 0 heterocycles. The highest BCUT2D eigenvalue weighted by Gasteiger charge is 2.13. The summed E-state index contributed by atoms with van der Waals surface area (Å²) in [7, 11) is 0. The number of carbonyl (C=O) groups is 1. The van der Waals surface area contributed by atoms with Gasteiger partial charge in [-0.3, -0.25) is 4.79 Å². The van der Waals surface area contributed by atoms with Crippen molar-refractivity contribution >= 4 is 5.91 Å². The van der Waals surface area contributed by atoms with Crippen LogP contribution in [0.4, 0.5) is 4.39 Å². The van der Waals surface area contributed by atoms with Crippen molar-refractivity contribution in [1.29, 1.82) is 0 Å². The zero-order chi connectivity index (χ0) is 14.7. The van der Waals surface area contributed by atoms with E-state index in [1.54, 1.807) is 0 Å². The maximum absolute atomic E-state index is 12.8. The average Bonchev–Trinajstić information content (AvgIpc) is 2.42. The number of nitrogens with one attached hydrogen (secondary N) is 1. The van der Waals surface area contributed by atoms with E-state index >= 15 is 0 Å². The van der Waals surface area contributed by atoms with Crippen molar-refractivity contribution in [3.63, 3.8) is 0 Å². The Balaban J connectivity index is 2.15. The number of hydrogen-bond acceptors (Lipinski definition) is 1. The summed E-state index contributed by atoms with van der Waals surface area (Å²) in [5.41, 5.74) is 3.86. The fraction of sp³-hybridized carbons (Fsp3) is 0.235. The molecule has 2 nitrogen and oxygen atoms in total. The van der Waals surface area contributed by atoms with Crippen molar-refractivity contribution in [3.8, 4) is 0 Å². The largest absolute Gasteiger partial charge is 0.346 e. The molecule has 0 aliphatic rings. The maximum atomic E-state index is 12.8. The number of benzene rings is 2. The highest BCUT2D eigenvalue weighted by atomic mass is 19.1. The zero-order valence-electron chi connectivity index (χ0n) is 11.9. The van der Waals surface area contributed by atoms with Crippen LogP contribution in [-0.4, -0.2) is 5.91 Å². The minimum Gasteiger partial charge on any atom is -0.346 e. The monoisotopic (exact) mass is 271 g/mol. The molecule has 0 fully saturated rings. The lowest BCUT2D eigenvalue weighted by molar-refractivity contribution is 0.0940. The molecule has 2 aromatic carbocycles. The van der Waals surface area contributed by atoms with Crippen LogP contribution in [-0.2, 0) is 0 Å². The number of carbonyl (C=O) groups excluding carboxylic acids is 1. The molecule has 0 aliphatic carbocycles. The molecule has 0 saturated carbocycles. The van der Waals surface area contributed by atoms with Crippen molar-refractivity contribution in [2.24, 2.45) is 0 Å². The summed E-state index contributed by atoms with van der Waals surface area (Å²) in [6.07, 6.45) is 0. The van der Waals surface area contributed by atoms with Gasteiger partial charge < -0.3 is 5.32 Å². The molecule has 0 radical (unpaired) electrons. The van der Waals surface area contributed by atoms with Crippen LogP contribution in [0.1, 0.15) is 40.0 Å². The van der Waals surface area contributed by atoms with E-state index in [9.17, 15) is 9.18 Å². The maximum Gasteiger partial charge on any atom is 0.251 e. The number of rotatable bonds is 3. The Kier molecular flexibility index (Phi) is 4.18. The third kappa shape index (κ3) is 3.23. The Hall–Kier alpha value is -2.16. The summed E-state index contributed by atoms with van der Waals surface area (Å²) in [6.45, 7) is 6.00. The van der Waals surface area contributed by atoms with E-state index in [1.165, 1.54) is 24.3 Å². The van der Waals surface area contributed by atoms with Crippen molar-refractivity contribution in [1.82, 2.24) is 5.32 Å². The van der Waals surface area contributed by atoms with Crippen LogP contribution in [0.2, 0.25) is 0 Å². The van der Waals surface area contributed by atoms with Crippen LogP contribution >= 0.6 is 0 Å². The molecule has 1 N–H and O–H groups in total. The molecule has 2 rings (SSSR count). The van der Waals surface area contributed by atoms with Gasteiger partial charge in [0.25, 0.3) is 5.91 Å². The minimum absolute atomic E-state index is 0.0903. The Labute approximate surface area is 118 Å². The van der Waals surface area contributed by atoms with Gasteiger partial charge in [0, 0.05) is 5.56 Å². The molecule has 3 heteroatoms. The quantitative estimate of drug-likeness (QED) is 0.900. The van der Waals surface area contributed by atoms with Crippen LogP contribution in [0.5, 0.6) is 0 Å². The minimum atomic E-state index is -0.343. The smallest absolute Gasteiger partial charge is 0.251 e. The molecule has 0 bridgehead atoms. The molecule has 0 spiro atoms. The normalized spacial score (nSPS) is 12.0. The predicted octanol–water partition coefficient (Wildman–Crippen LogP) is 3.93. The molecule has 0 aliphatic heterocycles. The van der Waals surface area contributed by atoms with Gasteiger partial charge in [0.2, 0.25) is 0 Å². The lowest BCUT2D eigenvalue weighted by Gasteiger charge is -2.17. The van der Waals surface area contributed by atoms with Gasteiger partial charge in [0.15, 0.2) is 0 Å². The third-order valence-corrected chi connectivity index (χ3v) is 3.36. The summed E-state index contributed by atoms with van der Waals surface area (Å²) in [4.78, 5) is 12.1. The molecular weight excluding hydrogens is 253 g/mol. The van der Waals surface area contributed by atoms with Gasteiger partial charge in [-0.2, -0.15) is 0 Å². The Morgan fingerprint density at radius 2 is 1.75 bits per heavy atom. The van der Waals surface area contributed by atoms with E-state index in [0.29, 0.717) is 5.56 Å². The molecular formula is C17H18FNO. The Bertz CT molecular complexity index is 619. The van der Waals surface area contributed by atoms with Crippen molar-refractivity contribution < 1.29 is 9.18 Å². The van der Waals surface area contributed by atoms with Crippen LogP contribution in [0.15, 0.2) is 42.5 Å². The fourth-order valence-electron chi connectivity index (χ4n) is 2.19. The van der Waals surface area contributed by atoms with Crippen molar-refractivity contribution in [2.45, 2.75) is 26.8 Å². The highest BCUT2D eigenvalue weighted by Crippen LogP contribution is 2.19. The van der Waals surface area contributed by atoms with E-state index in [2.05, 4.69) is 11.4 Å². The lowest BCUT2D eigenvalue weighted by Crippen LogP contribution is -2.27. The SMILES string of the molecule is Cc1ccc(C)c(C(C)NC(=O)c2ccc(F)cc2)c1. The van der Waals surface area contributed by atoms with E-state index in [-0.39, 0.29) is 17.8 Å². The second-order valence-electron chi connectivity index (χ2n) is 5.06. The molecule has 1 atom stereocenters. The van der Waals surface area contributed by atoms with Crippen LogP contribution in [0.3, 0.4) is 0 Å². The summed E-state index contributed by atoms with van der Waals surface area (Å²) < 4.78 is 12.8. The van der Waals surface area contributed by atoms with E-state index in [4.69, 9.17) is 0 Å². The molecule has 0 saturated heterocycles. The average molecular weight is 271 g/mol. The summed E-state index contributed by atoms with van der Waals surface area (Å²) in [6, 6.07) is 11.6. The second-order valence-corrected chi connectivity index (χ2v) is 5.06. The first kappa shape index (κ1) is 14.3. The lowest BCUT2D eigenvalue weighted by atomic mass is 10.00. The molecule has 0 aromatic heterocycles. The van der Waals surface area contributed by atoms with E-state index < -0.39 is 0 Å². The van der Waals surface area contributed by atoms with Crippen LogP contribution in [0.25, 0.3) is 0 Å². The second kappa shape index (κ2) is 5.87. The third-order valence-electron chi connectivity index (χ3n) is 3.36. The van der Waals surface area contributed by atoms with Crippen LogP contribution < -0.4 is 5.32 Å². The molecule has 1 amide bonds. The topological polar surface area (TPSA) is 29.1 Å². The van der Waals surface area contributed by atoms with Gasteiger partial charge in [-0.25, -0.2) is 4.39 Å².